The molecule has 2 aromatic rings. The highest BCUT2D eigenvalue weighted by Crippen LogP contribution is 2.31. The number of aryl methyl sites for hydroxylation is 1. The van der Waals surface area contributed by atoms with Gasteiger partial charge in [0.05, 0.1) is 16.9 Å². The van der Waals surface area contributed by atoms with Crippen molar-refractivity contribution in [2.24, 2.45) is 11.7 Å². The third-order valence-corrected chi connectivity index (χ3v) is 4.21. The lowest BCUT2D eigenvalue weighted by atomic mass is 10.2. The van der Waals surface area contributed by atoms with Crippen molar-refractivity contribution in [2.45, 2.75) is 25.8 Å². The van der Waals surface area contributed by atoms with E-state index in [1.54, 1.807) is 23.0 Å². The number of nitrogens with two attached hydrogens (primary N) is 1. The summed E-state index contributed by atoms with van der Waals surface area (Å²) in [5.74, 6) is 0.437. The van der Waals surface area contributed by atoms with Gasteiger partial charge < -0.3 is 11.1 Å². The second-order valence-electron chi connectivity index (χ2n) is 5.76. The standard InChI is InChI=1S/C16H19ClN4O.ClH/c1-10-14(16(22)19-8-15(18)11-2-3-11)9-21(20-10)13-6-4-12(17)5-7-13;/h4-7,9,11,15H,2-3,8,18H2,1H3,(H,19,22);1H. The monoisotopic (exact) mass is 354 g/mol. The first-order valence-corrected chi connectivity index (χ1v) is 7.78. The maximum atomic E-state index is 12.3. The maximum absolute atomic E-state index is 12.3. The predicted molar refractivity (Wildman–Crippen MR) is 93.6 cm³/mol. The second kappa shape index (κ2) is 7.34. The van der Waals surface area contributed by atoms with Crippen molar-refractivity contribution in [3.05, 3.63) is 46.7 Å². The molecule has 1 amide bonds. The van der Waals surface area contributed by atoms with Crippen LogP contribution >= 0.6 is 24.0 Å². The maximum Gasteiger partial charge on any atom is 0.254 e. The van der Waals surface area contributed by atoms with E-state index in [9.17, 15) is 4.79 Å². The lowest BCUT2D eigenvalue weighted by Gasteiger charge is -2.10. The number of rotatable bonds is 5. The van der Waals surface area contributed by atoms with Gasteiger partial charge >= 0.3 is 0 Å². The fourth-order valence-corrected chi connectivity index (χ4v) is 2.53. The minimum absolute atomic E-state index is 0. The Morgan fingerprint density at radius 1 is 1.43 bits per heavy atom. The van der Waals surface area contributed by atoms with Gasteiger partial charge in [0.15, 0.2) is 0 Å². The number of benzene rings is 1. The van der Waals surface area contributed by atoms with E-state index in [1.165, 1.54) is 12.8 Å². The van der Waals surface area contributed by atoms with E-state index >= 15 is 0 Å². The Balaban J connectivity index is 0.00000192. The van der Waals surface area contributed by atoms with Crippen LogP contribution in [0.15, 0.2) is 30.5 Å². The Kier molecular flexibility index (Phi) is 5.68. The summed E-state index contributed by atoms with van der Waals surface area (Å²) in [6.07, 6.45) is 4.08. The molecule has 1 atom stereocenters. The van der Waals surface area contributed by atoms with E-state index < -0.39 is 0 Å². The zero-order valence-corrected chi connectivity index (χ0v) is 14.4. The molecule has 3 N–H and O–H groups in total. The summed E-state index contributed by atoms with van der Waals surface area (Å²) in [7, 11) is 0. The van der Waals surface area contributed by atoms with Crippen molar-refractivity contribution in [3.8, 4) is 5.69 Å². The topological polar surface area (TPSA) is 72.9 Å². The highest BCUT2D eigenvalue weighted by atomic mass is 35.5. The smallest absolute Gasteiger partial charge is 0.254 e. The molecule has 1 fully saturated rings. The average Bonchev–Trinajstić information content (AvgIpc) is 3.28. The fourth-order valence-electron chi connectivity index (χ4n) is 2.41. The quantitative estimate of drug-likeness (QED) is 0.866. The second-order valence-corrected chi connectivity index (χ2v) is 6.20. The van der Waals surface area contributed by atoms with Crippen LogP contribution in [-0.4, -0.2) is 28.3 Å². The molecular weight excluding hydrogens is 335 g/mol. The van der Waals surface area contributed by atoms with E-state index in [0.29, 0.717) is 28.7 Å². The average molecular weight is 355 g/mol. The summed E-state index contributed by atoms with van der Waals surface area (Å²) in [6.45, 7) is 2.33. The largest absolute Gasteiger partial charge is 0.350 e. The number of carbonyl (C=O) groups excluding carboxylic acids is 1. The van der Waals surface area contributed by atoms with Gasteiger partial charge in [0, 0.05) is 23.8 Å². The Bertz CT molecular complexity index is 680. The molecular formula is C16H20Cl2N4O. The molecule has 3 rings (SSSR count). The van der Waals surface area contributed by atoms with Gasteiger partial charge in [0.2, 0.25) is 0 Å². The van der Waals surface area contributed by atoms with Crippen molar-refractivity contribution < 1.29 is 4.79 Å². The number of hydrogen-bond donors (Lipinski definition) is 2. The molecule has 0 aliphatic heterocycles. The minimum atomic E-state index is -0.131. The number of amides is 1. The van der Waals surface area contributed by atoms with Crippen LogP contribution in [-0.2, 0) is 0 Å². The fraction of sp³-hybridized carbons (Fsp3) is 0.375. The molecule has 1 aromatic carbocycles. The first-order chi connectivity index (χ1) is 10.5. The number of hydrogen-bond acceptors (Lipinski definition) is 3. The van der Waals surface area contributed by atoms with Crippen LogP contribution in [0.3, 0.4) is 0 Å². The molecule has 0 radical (unpaired) electrons. The third-order valence-electron chi connectivity index (χ3n) is 3.96. The van der Waals surface area contributed by atoms with Crippen LogP contribution in [0.5, 0.6) is 0 Å². The molecule has 1 aliphatic rings. The van der Waals surface area contributed by atoms with Crippen molar-refractivity contribution in [1.29, 1.82) is 0 Å². The van der Waals surface area contributed by atoms with Gasteiger partial charge in [-0.15, -0.1) is 12.4 Å². The van der Waals surface area contributed by atoms with E-state index in [0.717, 1.165) is 5.69 Å². The van der Waals surface area contributed by atoms with E-state index in [-0.39, 0.29) is 24.4 Å². The summed E-state index contributed by atoms with van der Waals surface area (Å²) in [5, 5.41) is 7.95. The summed E-state index contributed by atoms with van der Waals surface area (Å²) in [4.78, 5) is 12.3. The number of nitrogens with zero attached hydrogens (tertiary/aromatic N) is 2. The van der Waals surface area contributed by atoms with Crippen LogP contribution in [0.1, 0.15) is 28.9 Å². The van der Waals surface area contributed by atoms with Gasteiger partial charge in [0.1, 0.15) is 0 Å². The molecule has 1 heterocycles. The Morgan fingerprint density at radius 3 is 2.70 bits per heavy atom. The van der Waals surface area contributed by atoms with Gasteiger partial charge in [-0.05, 0) is 49.9 Å². The molecule has 5 nitrogen and oxygen atoms in total. The van der Waals surface area contributed by atoms with Gasteiger partial charge in [-0.2, -0.15) is 5.10 Å². The normalized spacial score (nSPS) is 14.9. The number of aromatic nitrogens is 2. The zero-order chi connectivity index (χ0) is 15.7. The Hall–Kier alpha value is -1.56. The molecule has 7 heteroatoms. The van der Waals surface area contributed by atoms with Crippen LogP contribution < -0.4 is 11.1 Å². The van der Waals surface area contributed by atoms with Gasteiger partial charge in [-0.25, -0.2) is 4.68 Å². The summed E-state index contributed by atoms with van der Waals surface area (Å²) < 4.78 is 1.68. The van der Waals surface area contributed by atoms with Crippen molar-refractivity contribution in [2.75, 3.05) is 6.54 Å². The first-order valence-electron chi connectivity index (χ1n) is 7.40. The number of halogens is 2. The van der Waals surface area contributed by atoms with Crippen LogP contribution in [0.4, 0.5) is 0 Å². The van der Waals surface area contributed by atoms with E-state index in [1.807, 2.05) is 19.1 Å². The van der Waals surface area contributed by atoms with Crippen LogP contribution in [0, 0.1) is 12.8 Å². The lowest BCUT2D eigenvalue weighted by Crippen LogP contribution is -2.38. The molecule has 0 saturated heterocycles. The predicted octanol–water partition coefficient (Wildman–Crippen LogP) is 2.72. The number of nitrogens with one attached hydrogen (secondary N) is 1. The third kappa shape index (κ3) is 4.25. The molecule has 23 heavy (non-hydrogen) atoms. The molecule has 0 bridgehead atoms. The highest BCUT2D eigenvalue weighted by molar-refractivity contribution is 6.30. The summed E-state index contributed by atoms with van der Waals surface area (Å²) >= 11 is 5.88. The zero-order valence-electron chi connectivity index (χ0n) is 12.8. The van der Waals surface area contributed by atoms with Gasteiger partial charge in [-0.1, -0.05) is 11.6 Å². The Labute approximate surface area is 146 Å². The summed E-state index contributed by atoms with van der Waals surface area (Å²) in [6, 6.07) is 7.36. The molecule has 1 unspecified atom stereocenters. The lowest BCUT2D eigenvalue weighted by molar-refractivity contribution is 0.0949. The van der Waals surface area contributed by atoms with E-state index in [4.69, 9.17) is 17.3 Å². The van der Waals surface area contributed by atoms with E-state index in [2.05, 4.69) is 10.4 Å². The first kappa shape index (κ1) is 17.8. The van der Waals surface area contributed by atoms with Crippen LogP contribution in [0.25, 0.3) is 5.69 Å². The van der Waals surface area contributed by atoms with Crippen molar-refractivity contribution >= 4 is 29.9 Å². The van der Waals surface area contributed by atoms with Gasteiger partial charge in [-0.3, -0.25) is 4.79 Å². The minimum Gasteiger partial charge on any atom is -0.350 e. The Morgan fingerprint density at radius 2 is 2.09 bits per heavy atom. The van der Waals surface area contributed by atoms with Crippen molar-refractivity contribution in [1.82, 2.24) is 15.1 Å². The molecule has 1 aromatic heterocycles. The molecule has 1 aliphatic carbocycles. The van der Waals surface area contributed by atoms with Crippen molar-refractivity contribution in [3.63, 3.8) is 0 Å². The molecule has 124 valence electrons. The van der Waals surface area contributed by atoms with Gasteiger partial charge in [0.25, 0.3) is 5.91 Å². The SMILES string of the molecule is Cc1nn(-c2ccc(Cl)cc2)cc1C(=O)NCC(N)C1CC1.Cl. The highest BCUT2D eigenvalue weighted by Gasteiger charge is 2.28. The summed E-state index contributed by atoms with van der Waals surface area (Å²) in [5.41, 5.74) is 8.12. The molecule has 1 saturated carbocycles. The number of carbonyl (C=O) groups is 1. The molecule has 0 spiro atoms. The van der Waals surface area contributed by atoms with Crippen LogP contribution in [0.2, 0.25) is 5.02 Å².